The second-order valence-corrected chi connectivity index (χ2v) is 4.69. The molecule has 1 aliphatic rings. The first-order valence-electron chi connectivity index (χ1n) is 6.67. The summed E-state index contributed by atoms with van der Waals surface area (Å²) in [6.07, 6.45) is 1.63. The molecule has 1 aliphatic heterocycles. The molecule has 1 amide bonds. The fraction of sp³-hybridized carbons (Fsp3) is 0.462. The molecule has 0 radical (unpaired) electrons. The minimum atomic E-state index is -0.438. The normalized spacial score (nSPS) is 18.2. The second kappa shape index (κ2) is 6.23. The number of piperidine rings is 1. The topological polar surface area (TPSA) is 96.3 Å². The Morgan fingerprint density at radius 3 is 2.80 bits per heavy atom. The number of hydrogen-bond donors (Lipinski definition) is 3. The number of hydrogen-bond acceptors (Lipinski definition) is 5. The maximum Gasteiger partial charge on any atom is 0.273 e. The summed E-state index contributed by atoms with van der Waals surface area (Å²) in [5.41, 5.74) is 1.25. The molecule has 1 aromatic carbocycles. The van der Waals surface area contributed by atoms with Crippen LogP contribution in [0.25, 0.3) is 0 Å². The lowest BCUT2D eigenvalue weighted by Crippen LogP contribution is -2.44. The zero-order chi connectivity index (χ0) is 14.5. The summed E-state index contributed by atoms with van der Waals surface area (Å²) in [5.74, 6) is -0.0623. The number of non-ortho nitro benzene ring substituents is 1. The van der Waals surface area contributed by atoms with Gasteiger partial charge in [0.1, 0.15) is 6.04 Å². The number of nitrogens with zero attached hydrogens (tertiary/aromatic N) is 1. The van der Waals surface area contributed by atoms with Gasteiger partial charge in [-0.15, -0.1) is 0 Å². The van der Waals surface area contributed by atoms with Crippen LogP contribution in [0, 0.1) is 10.1 Å². The van der Waals surface area contributed by atoms with Crippen molar-refractivity contribution in [3.8, 4) is 0 Å². The molecule has 0 saturated carbocycles. The first kappa shape index (κ1) is 14.1. The van der Waals surface area contributed by atoms with Crippen LogP contribution in [0.4, 0.5) is 17.1 Å². The third kappa shape index (κ3) is 3.37. The molecule has 1 fully saturated rings. The summed E-state index contributed by atoms with van der Waals surface area (Å²) in [6, 6.07) is 4.37. The molecule has 0 spiro atoms. The Morgan fingerprint density at radius 1 is 1.40 bits per heavy atom. The smallest absolute Gasteiger partial charge is 0.273 e. The van der Waals surface area contributed by atoms with E-state index in [-0.39, 0.29) is 17.6 Å². The highest BCUT2D eigenvalue weighted by Crippen LogP contribution is 2.25. The molecule has 0 bridgehead atoms. The minimum Gasteiger partial charge on any atom is -0.385 e. The van der Waals surface area contributed by atoms with Crippen molar-refractivity contribution in [2.45, 2.75) is 25.8 Å². The highest BCUT2D eigenvalue weighted by atomic mass is 16.6. The quantitative estimate of drug-likeness (QED) is 0.563. The summed E-state index contributed by atoms with van der Waals surface area (Å²) in [5, 5.41) is 19.8. The standard InChI is InChI=1S/C13H18N4O3/c1-2-14-9-6-10(8-11(7-9)17(19)20)16-12-4-3-5-15-13(12)18/h6-8,12,14,16H,2-5H2,1H3,(H,15,18). The molecule has 0 aromatic heterocycles. The van der Waals surface area contributed by atoms with Gasteiger partial charge in [0.25, 0.3) is 5.69 Å². The Hall–Kier alpha value is -2.31. The van der Waals surface area contributed by atoms with Crippen molar-refractivity contribution >= 4 is 23.0 Å². The van der Waals surface area contributed by atoms with E-state index >= 15 is 0 Å². The first-order chi connectivity index (χ1) is 9.60. The highest BCUT2D eigenvalue weighted by molar-refractivity contribution is 5.85. The van der Waals surface area contributed by atoms with Gasteiger partial charge in [-0.05, 0) is 25.8 Å². The summed E-state index contributed by atoms with van der Waals surface area (Å²) in [7, 11) is 0. The van der Waals surface area contributed by atoms with E-state index in [4.69, 9.17) is 0 Å². The van der Waals surface area contributed by atoms with Gasteiger partial charge >= 0.3 is 0 Å². The van der Waals surface area contributed by atoms with Crippen molar-refractivity contribution in [3.05, 3.63) is 28.3 Å². The van der Waals surface area contributed by atoms with Crippen molar-refractivity contribution in [1.29, 1.82) is 0 Å². The maximum atomic E-state index is 11.7. The number of anilines is 2. The van der Waals surface area contributed by atoms with Gasteiger partial charge in [0.15, 0.2) is 0 Å². The average Bonchev–Trinajstić information content (AvgIpc) is 2.41. The number of amides is 1. The number of carbonyl (C=O) groups is 1. The lowest BCUT2D eigenvalue weighted by Gasteiger charge is -2.23. The van der Waals surface area contributed by atoms with Gasteiger partial charge in [-0.3, -0.25) is 14.9 Å². The Balaban J connectivity index is 2.20. The molecule has 2 rings (SSSR count). The van der Waals surface area contributed by atoms with E-state index in [1.165, 1.54) is 12.1 Å². The zero-order valence-corrected chi connectivity index (χ0v) is 11.3. The van der Waals surface area contributed by atoms with Crippen LogP contribution in [0.15, 0.2) is 18.2 Å². The van der Waals surface area contributed by atoms with Crippen molar-refractivity contribution in [3.63, 3.8) is 0 Å². The lowest BCUT2D eigenvalue weighted by molar-refractivity contribution is -0.384. The fourth-order valence-corrected chi connectivity index (χ4v) is 2.22. The fourth-order valence-electron chi connectivity index (χ4n) is 2.22. The maximum absolute atomic E-state index is 11.7. The molecule has 108 valence electrons. The van der Waals surface area contributed by atoms with E-state index < -0.39 is 4.92 Å². The monoisotopic (exact) mass is 278 g/mol. The van der Waals surface area contributed by atoms with Crippen LogP contribution in [0.3, 0.4) is 0 Å². The molecule has 0 aliphatic carbocycles. The van der Waals surface area contributed by atoms with Crippen molar-refractivity contribution in [2.75, 3.05) is 23.7 Å². The van der Waals surface area contributed by atoms with Gasteiger partial charge in [0, 0.05) is 36.6 Å². The molecule has 1 unspecified atom stereocenters. The summed E-state index contributed by atoms with van der Waals surface area (Å²) < 4.78 is 0. The Labute approximate surface area is 116 Å². The van der Waals surface area contributed by atoms with Crippen LogP contribution in [-0.2, 0) is 4.79 Å². The zero-order valence-electron chi connectivity index (χ0n) is 11.3. The van der Waals surface area contributed by atoms with Crippen molar-refractivity contribution in [1.82, 2.24) is 5.32 Å². The van der Waals surface area contributed by atoms with Gasteiger partial charge in [0.2, 0.25) is 5.91 Å². The number of benzene rings is 1. The summed E-state index contributed by atoms with van der Waals surface area (Å²) in [6.45, 7) is 3.28. The van der Waals surface area contributed by atoms with Gasteiger partial charge in [-0.2, -0.15) is 0 Å². The van der Waals surface area contributed by atoms with Crippen LogP contribution in [-0.4, -0.2) is 30.0 Å². The van der Waals surface area contributed by atoms with Gasteiger partial charge < -0.3 is 16.0 Å². The number of nitrogens with one attached hydrogen (secondary N) is 3. The van der Waals surface area contributed by atoms with Crippen LogP contribution in [0.5, 0.6) is 0 Å². The summed E-state index contributed by atoms with van der Waals surface area (Å²) in [4.78, 5) is 22.2. The number of nitro benzene ring substituents is 1. The van der Waals surface area contributed by atoms with Gasteiger partial charge in [-0.1, -0.05) is 0 Å². The molecule has 20 heavy (non-hydrogen) atoms. The number of rotatable bonds is 5. The van der Waals surface area contributed by atoms with Crippen LogP contribution in [0.2, 0.25) is 0 Å². The molecule has 1 atom stereocenters. The molecule has 7 nitrogen and oxygen atoms in total. The first-order valence-corrected chi connectivity index (χ1v) is 6.67. The van der Waals surface area contributed by atoms with E-state index in [0.29, 0.717) is 24.5 Å². The van der Waals surface area contributed by atoms with Gasteiger partial charge in [-0.25, -0.2) is 0 Å². The highest BCUT2D eigenvalue weighted by Gasteiger charge is 2.22. The Kier molecular flexibility index (Phi) is 4.39. The van der Waals surface area contributed by atoms with E-state index in [1.807, 2.05) is 6.92 Å². The van der Waals surface area contributed by atoms with E-state index in [9.17, 15) is 14.9 Å². The third-order valence-electron chi connectivity index (χ3n) is 3.14. The molecule has 7 heteroatoms. The Bertz CT molecular complexity index is 518. The molecular formula is C13H18N4O3. The van der Waals surface area contributed by atoms with Crippen molar-refractivity contribution < 1.29 is 9.72 Å². The number of nitro groups is 1. The van der Waals surface area contributed by atoms with E-state index in [1.54, 1.807) is 6.07 Å². The molecule has 3 N–H and O–H groups in total. The summed E-state index contributed by atoms with van der Waals surface area (Å²) >= 11 is 0. The average molecular weight is 278 g/mol. The SMILES string of the molecule is CCNc1cc(NC2CCCNC2=O)cc([N+](=O)[O-])c1. The molecular weight excluding hydrogens is 260 g/mol. The number of carbonyl (C=O) groups excluding carboxylic acids is 1. The Morgan fingerprint density at radius 2 is 2.15 bits per heavy atom. The largest absolute Gasteiger partial charge is 0.385 e. The molecule has 1 heterocycles. The van der Waals surface area contributed by atoms with Crippen LogP contribution >= 0.6 is 0 Å². The minimum absolute atomic E-state index is 0.00201. The van der Waals surface area contributed by atoms with Crippen LogP contribution in [0.1, 0.15) is 19.8 Å². The lowest BCUT2D eigenvalue weighted by atomic mass is 10.1. The van der Waals surface area contributed by atoms with Gasteiger partial charge in [0.05, 0.1) is 4.92 Å². The predicted molar refractivity (Wildman–Crippen MR) is 76.9 cm³/mol. The molecule has 1 saturated heterocycles. The predicted octanol–water partition coefficient (Wildman–Crippen LogP) is 1.72. The molecule has 1 aromatic rings. The third-order valence-corrected chi connectivity index (χ3v) is 3.14. The van der Waals surface area contributed by atoms with E-state index in [2.05, 4.69) is 16.0 Å². The van der Waals surface area contributed by atoms with Crippen LogP contribution < -0.4 is 16.0 Å². The van der Waals surface area contributed by atoms with Crippen molar-refractivity contribution in [2.24, 2.45) is 0 Å². The van der Waals surface area contributed by atoms with E-state index in [0.717, 1.165) is 12.8 Å². The second-order valence-electron chi connectivity index (χ2n) is 4.69.